The van der Waals surface area contributed by atoms with Gasteiger partial charge in [-0.3, -0.25) is 9.59 Å². The monoisotopic (exact) mass is 504 g/mol. The molecule has 4 aliphatic carbocycles. The van der Waals surface area contributed by atoms with E-state index in [2.05, 4.69) is 6.92 Å². The molecule has 4 saturated carbocycles. The number of ether oxygens (including phenoxy) is 2. The summed E-state index contributed by atoms with van der Waals surface area (Å²) in [5, 5.41) is 32.9. The van der Waals surface area contributed by atoms with Crippen LogP contribution in [-0.4, -0.2) is 63.4 Å². The topological polar surface area (TPSA) is 147 Å². The molecule has 0 unspecified atom stereocenters. The van der Waals surface area contributed by atoms with Crippen molar-refractivity contribution in [3.63, 3.8) is 0 Å². The molecule has 0 bridgehead atoms. The number of hydrogen-bond donors (Lipinski definition) is 3. The van der Waals surface area contributed by atoms with Crippen molar-refractivity contribution in [2.75, 3.05) is 6.61 Å². The van der Waals surface area contributed by atoms with Crippen molar-refractivity contribution in [2.24, 2.45) is 28.6 Å². The number of carboxylic acid groups (broad SMARTS) is 1. The van der Waals surface area contributed by atoms with Crippen molar-refractivity contribution in [1.29, 1.82) is 0 Å². The van der Waals surface area contributed by atoms with Gasteiger partial charge in [0.15, 0.2) is 0 Å². The molecule has 9 nitrogen and oxygen atoms in total. The van der Waals surface area contributed by atoms with Crippen molar-refractivity contribution in [3.05, 3.63) is 11.6 Å². The predicted molar refractivity (Wildman–Crippen MR) is 124 cm³/mol. The lowest BCUT2D eigenvalue weighted by Crippen LogP contribution is -2.69. The molecule has 0 aromatic heterocycles. The molecule has 9 heteroatoms. The second kappa shape index (κ2) is 8.65. The van der Waals surface area contributed by atoms with Crippen LogP contribution in [0.5, 0.6) is 0 Å². The number of carbonyl (C=O) groups is 4. The van der Waals surface area contributed by atoms with Gasteiger partial charge in [-0.05, 0) is 74.7 Å². The first-order valence-corrected chi connectivity index (χ1v) is 13.2. The molecule has 198 valence electrons. The summed E-state index contributed by atoms with van der Waals surface area (Å²) in [6, 6.07) is 0. The SMILES string of the molecule is C[C@]12CC[C@H]3[C@@H](CC[C@]4(O)C[C@@H](OC(=O)CCC(=O)O)CC[C@]34C=O)[C@@]1(O)CC[C@@H]2C1=CC(=O)OC1. The summed E-state index contributed by atoms with van der Waals surface area (Å²) in [7, 11) is 0. The molecule has 1 aliphatic heterocycles. The van der Waals surface area contributed by atoms with Crippen LogP contribution < -0.4 is 0 Å². The highest BCUT2D eigenvalue weighted by molar-refractivity contribution is 5.85. The Labute approximate surface area is 210 Å². The largest absolute Gasteiger partial charge is 0.481 e. The third-order valence-corrected chi connectivity index (χ3v) is 10.7. The minimum absolute atomic E-state index is 0.0452. The van der Waals surface area contributed by atoms with E-state index < -0.39 is 40.1 Å². The summed E-state index contributed by atoms with van der Waals surface area (Å²) in [6.07, 6.45) is 5.85. The lowest BCUT2D eigenvalue weighted by atomic mass is 9.41. The summed E-state index contributed by atoms with van der Waals surface area (Å²) >= 11 is 0. The van der Waals surface area contributed by atoms with Gasteiger partial charge in [-0.2, -0.15) is 0 Å². The van der Waals surface area contributed by atoms with Gasteiger partial charge in [0, 0.05) is 17.9 Å². The Balaban J connectivity index is 1.37. The predicted octanol–water partition coefficient (Wildman–Crippen LogP) is 2.31. The summed E-state index contributed by atoms with van der Waals surface area (Å²) in [5.41, 5.74) is -2.88. The van der Waals surface area contributed by atoms with E-state index in [1.165, 1.54) is 0 Å². The molecule has 0 aromatic rings. The van der Waals surface area contributed by atoms with Gasteiger partial charge in [-0.1, -0.05) is 6.92 Å². The highest BCUT2D eigenvalue weighted by Gasteiger charge is 2.71. The molecular formula is C27H36O9. The third-order valence-electron chi connectivity index (χ3n) is 10.7. The summed E-state index contributed by atoms with van der Waals surface area (Å²) in [6.45, 7) is 2.38. The molecule has 0 saturated heterocycles. The average Bonchev–Trinajstić information content (AvgIpc) is 3.37. The Hall–Kier alpha value is -2.26. The molecule has 0 spiro atoms. The first-order chi connectivity index (χ1) is 17.0. The number of carboxylic acids is 1. The Morgan fingerprint density at radius 3 is 2.50 bits per heavy atom. The van der Waals surface area contributed by atoms with E-state index in [-0.39, 0.29) is 49.6 Å². The highest BCUT2D eigenvalue weighted by atomic mass is 16.5. The number of aliphatic carboxylic acids is 1. The molecule has 0 radical (unpaired) electrons. The number of hydrogen-bond acceptors (Lipinski definition) is 8. The minimum atomic E-state index is -1.34. The molecule has 0 aromatic carbocycles. The van der Waals surface area contributed by atoms with Crippen molar-refractivity contribution >= 4 is 24.2 Å². The third kappa shape index (κ3) is 3.56. The van der Waals surface area contributed by atoms with E-state index in [1.54, 1.807) is 6.08 Å². The van der Waals surface area contributed by atoms with E-state index in [0.29, 0.717) is 44.9 Å². The van der Waals surface area contributed by atoms with Crippen LogP contribution >= 0.6 is 0 Å². The summed E-state index contributed by atoms with van der Waals surface area (Å²) < 4.78 is 10.7. The van der Waals surface area contributed by atoms with Crippen molar-refractivity contribution in [2.45, 2.75) is 94.9 Å². The van der Waals surface area contributed by atoms with Crippen LogP contribution in [0.3, 0.4) is 0 Å². The summed E-state index contributed by atoms with van der Waals surface area (Å²) in [5.74, 6) is -2.32. The Kier molecular flexibility index (Phi) is 6.10. The molecule has 1 heterocycles. The smallest absolute Gasteiger partial charge is 0.331 e. The van der Waals surface area contributed by atoms with Gasteiger partial charge in [0.2, 0.25) is 0 Å². The quantitative estimate of drug-likeness (QED) is 0.366. The molecule has 8 atom stereocenters. The first-order valence-electron chi connectivity index (χ1n) is 13.2. The lowest BCUT2D eigenvalue weighted by Gasteiger charge is -2.65. The fourth-order valence-corrected chi connectivity index (χ4v) is 8.87. The van der Waals surface area contributed by atoms with Crippen molar-refractivity contribution in [1.82, 2.24) is 0 Å². The average molecular weight is 505 g/mol. The standard InChI is InChI=1S/C27H36O9/c1-24-8-5-19-20(27(24,34)11-7-18(24)16-12-23(32)35-14-16)6-10-26(33)13-17(4-9-25(19,26)15-28)36-22(31)3-2-21(29)30/h12,15,17-20,33-34H,2-11,13-14H2,1H3,(H,29,30)/t17-,18+,19-,20+,24+,25-,26-,27-/m0/s1. The van der Waals surface area contributed by atoms with E-state index in [1.807, 2.05) is 0 Å². The van der Waals surface area contributed by atoms with Crippen LogP contribution in [0.1, 0.15) is 77.6 Å². The van der Waals surface area contributed by atoms with Gasteiger partial charge in [-0.25, -0.2) is 4.79 Å². The van der Waals surface area contributed by atoms with Crippen LogP contribution in [0.25, 0.3) is 0 Å². The van der Waals surface area contributed by atoms with Gasteiger partial charge in [0.05, 0.1) is 29.5 Å². The molecule has 36 heavy (non-hydrogen) atoms. The molecule has 0 amide bonds. The van der Waals surface area contributed by atoms with Crippen molar-refractivity contribution < 1.29 is 44.0 Å². The van der Waals surface area contributed by atoms with Crippen LogP contribution in [0.4, 0.5) is 0 Å². The van der Waals surface area contributed by atoms with Crippen LogP contribution in [-0.2, 0) is 28.7 Å². The molecular weight excluding hydrogens is 468 g/mol. The Bertz CT molecular complexity index is 1010. The maximum atomic E-state index is 12.8. The van der Waals surface area contributed by atoms with E-state index in [9.17, 15) is 29.4 Å². The van der Waals surface area contributed by atoms with Gasteiger partial charge in [0.25, 0.3) is 0 Å². The van der Waals surface area contributed by atoms with Crippen molar-refractivity contribution in [3.8, 4) is 0 Å². The highest BCUT2D eigenvalue weighted by Crippen LogP contribution is 2.70. The van der Waals surface area contributed by atoms with E-state index >= 15 is 0 Å². The maximum absolute atomic E-state index is 12.8. The van der Waals surface area contributed by atoms with Gasteiger partial charge in [0.1, 0.15) is 19.0 Å². The number of aldehydes is 1. The lowest BCUT2D eigenvalue weighted by molar-refractivity contribution is -0.249. The fourth-order valence-electron chi connectivity index (χ4n) is 8.87. The van der Waals surface area contributed by atoms with Crippen LogP contribution in [0, 0.1) is 28.6 Å². The van der Waals surface area contributed by atoms with Crippen LogP contribution in [0.15, 0.2) is 11.6 Å². The van der Waals surface area contributed by atoms with Gasteiger partial charge >= 0.3 is 17.9 Å². The van der Waals surface area contributed by atoms with E-state index in [0.717, 1.165) is 18.3 Å². The first kappa shape index (κ1) is 25.4. The zero-order chi connectivity index (χ0) is 25.9. The summed E-state index contributed by atoms with van der Waals surface area (Å²) in [4.78, 5) is 47.4. The molecule has 3 N–H and O–H groups in total. The van der Waals surface area contributed by atoms with Crippen LogP contribution in [0.2, 0.25) is 0 Å². The normalized spacial score (nSPS) is 45.5. The Morgan fingerprint density at radius 2 is 1.83 bits per heavy atom. The number of cyclic esters (lactones) is 1. The zero-order valence-corrected chi connectivity index (χ0v) is 20.7. The Morgan fingerprint density at radius 1 is 1.08 bits per heavy atom. The molecule has 5 aliphatic rings. The van der Waals surface area contributed by atoms with Gasteiger partial charge < -0.3 is 29.6 Å². The second-order valence-corrected chi connectivity index (χ2v) is 12.0. The second-order valence-electron chi connectivity index (χ2n) is 12.0. The molecule has 4 fully saturated rings. The number of rotatable bonds is 6. The molecule has 5 rings (SSSR count). The van der Waals surface area contributed by atoms with E-state index in [4.69, 9.17) is 14.6 Å². The number of fused-ring (bicyclic) bond motifs is 5. The maximum Gasteiger partial charge on any atom is 0.331 e. The number of carbonyl (C=O) groups excluding carboxylic acids is 3. The zero-order valence-electron chi connectivity index (χ0n) is 20.7. The fraction of sp³-hybridized carbons (Fsp3) is 0.778. The number of esters is 2. The number of aliphatic hydroxyl groups is 2. The van der Waals surface area contributed by atoms with Gasteiger partial charge in [-0.15, -0.1) is 0 Å². The minimum Gasteiger partial charge on any atom is -0.481 e.